The second-order valence-electron chi connectivity index (χ2n) is 6.78. The van der Waals surface area contributed by atoms with Gasteiger partial charge in [0.1, 0.15) is 6.61 Å². The molecule has 0 radical (unpaired) electrons. The summed E-state index contributed by atoms with van der Waals surface area (Å²) in [6.07, 6.45) is 5.92. The molecule has 2 atom stereocenters. The Bertz CT molecular complexity index is 829. The van der Waals surface area contributed by atoms with E-state index in [9.17, 15) is 9.90 Å². The van der Waals surface area contributed by atoms with E-state index in [4.69, 9.17) is 4.74 Å². The summed E-state index contributed by atoms with van der Waals surface area (Å²) in [5.41, 5.74) is 4.21. The second-order valence-corrected chi connectivity index (χ2v) is 6.78. The minimum Gasteiger partial charge on any atom is -0.444 e. The molecule has 4 heteroatoms. The molecule has 0 saturated heterocycles. The van der Waals surface area contributed by atoms with Crippen molar-refractivity contribution in [3.05, 3.63) is 89.6 Å². The Hall–Kier alpha value is -2.85. The zero-order valence-electron chi connectivity index (χ0n) is 15.5. The predicted octanol–water partition coefficient (Wildman–Crippen LogP) is 4.71. The molecule has 3 rings (SSSR count). The Labute approximate surface area is 160 Å². The quantitative estimate of drug-likeness (QED) is 0.756. The van der Waals surface area contributed by atoms with Crippen LogP contribution in [0.25, 0.3) is 6.08 Å². The molecule has 1 N–H and O–H groups in total. The summed E-state index contributed by atoms with van der Waals surface area (Å²) < 4.78 is 5.52. The van der Waals surface area contributed by atoms with Crippen LogP contribution >= 0.6 is 0 Å². The normalized spacial score (nSPS) is 16.5. The van der Waals surface area contributed by atoms with Gasteiger partial charge < -0.3 is 9.84 Å². The number of fused-ring (bicyclic) bond motifs is 1. The average molecular weight is 363 g/mol. The first-order chi connectivity index (χ1) is 13.2. The zero-order chi connectivity index (χ0) is 19.2. The van der Waals surface area contributed by atoms with Gasteiger partial charge in [0.2, 0.25) is 0 Å². The molecule has 0 aromatic heterocycles. The molecule has 0 aliphatic carbocycles. The third-order valence-electron chi connectivity index (χ3n) is 4.86. The molecular weight excluding hydrogens is 338 g/mol. The number of carbonyl (C=O) groups excluding carboxylic acids is 1. The third-order valence-corrected chi connectivity index (χ3v) is 4.86. The maximum atomic E-state index is 12.8. The van der Waals surface area contributed by atoms with Crippen LogP contribution in [0.5, 0.6) is 0 Å². The van der Waals surface area contributed by atoms with E-state index in [0.717, 1.165) is 28.7 Å². The zero-order valence-corrected chi connectivity index (χ0v) is 15.5. The van der Waals surface area contributed by atoms with Crippen LogP contribution in [0, 0.1) is 5.92 Å². The molecule has 0 spiro atoms. The topological polar surface area (TPSA) is 49.8 Å². The lowest BCUT2D eigenvalue weighted by atomic mass is 9.85. The highest BCUT2D eigenvalue weighted by molar-refractivity contribution is 5.74. The lowest BCUT2D eigenvalue weighted by molar-refractivity contribution is 0.0786. The Morgan fingerprint density at radius 1 is 1.26 bits per heavy atom. The van der Waals surface area contributed by atoms with Crippen LogP contribution in [0.15, 0.2) is 67.4 Å². The van der Waals surface area contributed by atoms with Gasteiger partial charge in [0, 0.05) is 18.7 Å². The van der Waals surface area contributed by atoms with Crippen LogP contribution in [-0.4, -0.2) is 22.7 Å². The van der Waals surface area contributed by atoms with Gasteiger partial charge in [0.15, 0.2) is 0 Å². The maximum Gasteiger partial charge on any atom is 0.414 e. The number of aliphatic hydroxyl groups is 1. The van der Waals surface area contributed by atoms with Crippen molar-refractivity contribution in [1.29, 1.82) is 0 Å². The largest absolute Gasteiger partial charge is 0.444 e. The monoisotopic (exact) mass is 363 g/mol. The van der Waals surface area contributed by atoms with E-state index in [-0.39, 0.29) is 25.2 Å². The van der Waals surface area contributed by atoms with Crippen molar-refractivity contribution in [2.24, 2.45) is 5.92 Å². The number of rotatable bonds is 6. The first-order valence-electron chi connectivity index (χ1n) is 9.16. The summed E-state index contributed by atoms with van der Waals surface area (Å²) in [5, 5.41) is 9.77. The van der Waals surface area contributed by atoms with Crippen molar-refractivity contribution in [3.63, 3.8) is 0 Å². The van der Waals surface area contributed by atoms with Crippen LogP contribution in [0.1, 0.15) is 35.2 Å². The molecule has 2 aromatic carbocycles. The first kappa shape index (κ1) is 18.9. The van der Waals surface area contributed by atoms with E-state index in [1.807, 2.05) is 61.5 Å². The van der Waals surface area contributed by atoms with E-state index in [0.29, 0.717) is 0 Å². The summed E-state index contributed by atoms with van der Waals surface area (Å²) in [6.45, 7) is 5.95. The summed E-state index contributed by atoms with van der Waals surface area (Å²) in [7, 11) is 0. The molecule has 4 nitrogen and oxygen atoms in total. The Kier molecular flexibility index (Phi) is 6.09. The second kappa shape index (κ2) is 8.69. The van der Waals surface area contributed by atoms with Gasteiger partial charge in [-0.05, 0) is 34.8 Å². The number of allylic oxidation sites excluding steroid dienone is 1. The van der Waals surface area contributed by atoms with Gasteiger partial charge in [-0.15, -0.1) is 6.58 Å². The van der Waals surface area contributed by atoms with E-state index >= 15 is 0 Å². The number of hydrogen-bond donors (Lipinski definition) is 1. The maximum absolute atomic E-state index is 12.8. The summed E-state index contributed by atoms with van der Waals surface area (Å²) in [6, 6.07) is 15.4. The predicted molar refractivity (Wildman–Crippen MR) is 107 cm³/mol. The molecule has 0 unspecified atom stereocenters. The summed E-state index contributed by atoms with van der Waals surface area (Å²) in [4.78, 5) is 14.4. The van der Waals surface area contributed by atoms with E-state index in [1.165, 1.54) is 0 Å². The molecule has 1 aliphatic rings. The van der Waals surface area contributed by atoms with Crippen LogP contribution in [0.2, 0.25) is 0 Å². The minimum atomic E-state index is -0.417. The van der Waals surface area contributed by atoms with Gasteiger partial charge in [-0.2, -0.15) is 0 Å². The van der Waals surface area contributed by atoms with Crippen molar-refractivity contribution in [1.82, 2.24) is 4.90 Å². The van der Waals surface area contributed by atoms with Gasteiger partial charge in [0.25, 0.3) is 0 Å². The van der Waals surface area contributed by atoms with Crippen molar-refractivity contribution in [2.45, 2.75) is 26.0 Å². The van der Waals surface area contributed by atoms with E-state index in [1.54, 1.807) is 11.1 Å². The number of carbonyl (C=O) groups is 1. The lowest BCUT2D eigenvalue weighted by Gasteiger charge is -2.36. The molecular formula is C23H25NO3. The van der Waals surface area contributed by atoms with Crippen LogP contribution in [-0.2, 0) is 17.8 Å². The number of aliphatic hydroxyl groups excluding tert-OH is 1. The molecule has 1 amide bonds. The molecule has 27 heavy (non-hydrogen) atoms. The van der Waals surface area contributed by atoms with Crippen molar-refractivity contribution < 1.29 is 14.6 Å². The molecule has 1 aliphatic heterocycles. The number of ether oxygens (including phenoxy) is 1. The summed E-state index contributed by atoms with van der Waals surface area (Å²) in [5.74, 6) is -0.128. The molecule has 0 saturated carbocycles. The highest BCUT2D eigenvalue weighted by Crippen LogP contribution is 2.37. The number of nitrogens with zero attached hydrogens (tertiary/aromatic N) is 1. The Balaban J connectivity index is 1.86. The van der Waals surface area contributed by atoms with Crippen molar-refractivity contribution >= 4 is 12.2 Å². The third kappa shape index (κ3) is 4.12. The molecule has 0 bridgehead atoms. The minimum absolute atomic E-state index is 0.0217. The van der Waals surface area contributed by atoms with Gasteiger partial charge in [-0.25, -0.2) is 4.79 Å². The highest BCUT2D eigenvalue weighted by Gasteiger charge is 2.33. The first-order valence-corrected chi connectivity index (χ1v) is 9.16. The standard InChI is InChI=1S/C23H25NO3/c1-3-8-19-11-7-12-21-20(19)13-14-24(22(21)17(2)15-25)23(26)27-16-18-9-5-4-6-10-18/h3-7,9-14,17,22,25H,1,8,15-16H2,2H3/t17-,22+/m1/s1. The highest BCUT2D eigenvalue weighted by atomic mass is 16.6. The van der Waals surface area contributed by atoms with Gasteiger partial charge >= 0.3 is 6.09 Å². The SMILES string of the molecule is C=CCc1cccc2c1C=CN(C(=O)OCc1ccccc1)[C@H]2[C@H](C)CO. The molecule has 2 aromatic rings. The van der Waals surface area contributed by atoms with Gasteiger partial charge in [0.05, 0.1) is 6.04 Å². The van der Waals surface area contributed by atoms with Crippen LogP contribution < -0.4 is 0 Å². The Morgan fingerprint density at radius 3 is 2.74 bits per heavy atom. The van der Waals surface area contributed by atoms with Crippen molar-refractivity contribution in [2.75, 3.05) is 6.61 Å². The van der Waals surface area contributed by atoms with E-state index < -0.39 is 6.09 Å². The number of benzene rings is 2. The van der Waals surface area contributed by atoms with Crippen molar-refractivity contribution in [3.8, 4) is 0 Å². The smallest absolute Gasteiger partial charge is 0.414 e. The molecule has 1 heterocycles. The fourth-order valence-electron chi connectivity index (χ4n) is 3.47. The number of hydrogen-bond acceptors (Lipinski definition) is 3. The fraction of sp³-hybridized carbons (Fsp3) is 0.261. The van der Waals surface area contributed by atoms with Gasteiger partial charge in [-0.3, -0.25) is 4.90 Å². The molecule has 140 valence electrons. The van der Waals surface area contributed by atoms with Crippen LogP contribution in [0.3, 0.4) is 0 Å². The lowest BCUT2D eigenvalue weighted by Crippen LogP contribution is -2.37. The van der Waals surface area contributed by atoms with Gasteiger partial charge in [-0.1, -0.05) is 61.5 Å². The van der Waals surface area contributed by atoms with E-state index in [2.05, 4.69) is 12.6 Å². The molecule has 0 fully saturated rings. The van der Waals surface area contributed by atoms with Crippen LogP contribution in [0.4, 0.5) is 4.79 Å². The Morgan fingerprint density at radius 2 is 2.04 bits per heavy atom. The summed E-state index contributed by atoms with van der Waals surface area (Å²) >= 11 is 0. The fourth-order valence-corrected chi connectivity index (χ4v) is 3.47. The average Bonchev–Trinajstić information content (AvgIpc) is 2.71. The number of amides is 1.